The van der Waals surface area contributed by atoms with Crippen LogP contribution in [0.2, 0.25) is 0 Å². The number of benzene rings is 2. The number of aryl methyl sites for hydroxylation is 2. The number of hydrogen-bond acceptors (Lipinski definition) is 5. The highest BCUT2D eigenvalue weighted by atomic mass is 32.1. The van der Waals surface area contributed by atoms with Crippen LogP contribution in [0, 0.1) is 13.8 Å². The first-order valence-electron chi connectivity index (χ1n) is 11.7. The highest BCUT2D eigenvalue weighted by Gasteiger charge is 2.34. The van der Waals surface area contributed by atoms with Gasteiger partial charge in [0.05, 0.1) is 12.2 Å². The van der Waals surface area contributed by atoms with Crippen LogP contribution in [-0.2, 0) is 27.5 Å². The van der Waals surface area contributed by atoms with Crippen molar-refractivity contribution in [2.75, 3.05) is 4.90 Å². The summed E-state index contributed by atoms with van der Waals surface area (Å²) < 4.78 is 1.82. The molecule has 2 aromatic carbocycles. The Balaban J connectivity index is 1.46. The van der Waals surface area contributed by atoms with Gasteiger partial charge < -0.3 is 9.88 Å². The van der Waals surface area contributed by atoms with Crippen LogP contribution >= 0.6 is 23.6 Å². The monoisotopic (exact) mass is 528 g/mol. The molecule has 9 heteroatoms. The van der Waals surface area contributed by atoms with Crippen molar-refractivity contribution < 1.29 is 14.4 Å². The van der Waals surface area contributed by atoms with Crippen molar-refractivity contribution in [3.8, 4) is 0 Å². The third kappa shape index (κ3) is 4.96. The van der Waals surface area contributed by atoms with E-state index in [2.05, 4.69) is 10.6 Å². The van der Waals surface area contributed by atoms with Crippen LogP contribution in [0.4, 0.5) is 5.69 Å². The Bertz CT molecular complexity index is 1580. The van der Waals surface area contributed by atoms with Crippen LogP contribution in [0.1, 0.15) is 21.6 Å². The minimum atomic E-state index is -0.555. The van der Waals surface area contributed by atoms with Crippen LogP contribution in [-0.4, -0.2) is 27.4 Å². The summed E-state index contributed by atoms with van der Waals surface area (Å²) in [7, 11) is 0. The van der Waals surface area contributed by atoms with E-state index >= 15 is 0 Å². The molecule has 2 N–H and O–H groups in total. The lowest BCUT2D eigenvalue weighted by Crippen LogP contribution is -2.54. The van der Waals surface area contributed by atoms with Crippen molar-refractivity contribution in [3.63, 3.8) is 0 Å². The van der Waals surface area contributed by atoms with E-state index in [9.17, 15) is 14.4 Å². The van der Waals surface area contributed by atoms with Gasteiger partial charge >= 0.3 is 0 Å². The van der Waals surface area contributed by atoms with E-state index in [1.54, 1.807) is 23.6 Å². The average Bonchev–Trinajstić information content (AvgIpc) is 3.51. The number of nitrogens with one attached hydrogen (secondary N) is 2. The SMILES string of the molecule is Cc1ccc(N2C(=O)C(=Cc3cn(CC(=O)NCc4cccs4)c4ccccc34)C(=O)NC2=S)cc1C. The number of rotatable bonds is 6. The number of thiocarbonyl (C=S) groups is 1. The van der Waals surface area contributed by atoms with Gasteiger partial charge in [0.15, 0.2) is 5.11 Å². The Morgan fingerprint density at radius 3 is 2.65 bits per heavy atom. The number of thiophene rings is 1. The number of anilines is 1. The van der Waals surface area contributed by atoms with E-state index in [0.717, 1.165) is 26.9 Å². The second kappa shape index (κ2) is 10.1. The summed E-state index contributed by atoms with van der Waals surface area (Å²) in [6, 6.07) is 17.1. The van der Waals surface area contributed by atoms with Crippen molar-refractivity contribution >= 4 is 69.1 Å². The molecule has 1 fully saturated rings. The number of carbonyl (C=O) groups is 3. The molecular formula is C28H24N4O3S2. The van der Waals surface area contributed by atoms with Crippen molar-refractivity contribution in [2.24, 2.45) is 0 Å². The number of hydrogen-bond donors (Lipinski definition) is 2. The van der Waals surface area contributed by atoms with Crippen LogP contribution in [0.5, 0.6) is 0 Å². The number of carbonyl (C=O) groups excluding carboxylic acids is 3. The minimum Gasteiger partial charge on any atom is -0.350 e. The molecule has 0 aliphatic carbocycles. The molecule has 37 heavy (non-hydrogen) atoms. The van der Waals surface area contributed by atoms with Crippen molar-refractivity contribution in [1.29, 1.82) is 0 Å². The van der Waals surface area contributed by atoms with Gasteiger partial charge in [0, 0.05) is 27.5 Å². The van der Waals surface area contributed by atoms with E-state index < -0.39 is 11.8 Å². The molecule has 2 aromatic heterocycles. The molecule has 7 nitrogen and oxygen atoms in total. The van der Waals surface area contributed by atoms with Gasteiger partial charge in [-0.2, -0.15) is 0 Å². The molecule has 0 radical (unpaired) electrons. The standard InChI is InChI=1S/C28H24N4O3S2/c1-17-9-10-20(12-18(17)2)32-27(35)23(26(34)30-28(32)36)13-19-15-31(24-8-4-3-7-22(19)24)16-25(33)29-14-21-6-5-11-37-21/h3-13,15H,14,16H2,1-2H3,(H,29,33)(H,30,34,36). The molecule has 0 bridgehead atoms. The summed E-state index contributed by atoms with van der Waals surface area (Å²) in [5.41, 5.74) is 4.15. The van der Waals surface area contributed by atoms with E-state index in [1.165, 1.54) is 4.90 Å². The van der Waals surface area contributed by atoms with Gasteiger partial charge in [-0.25, -0.2) is 0 Å². The molecule has 0 saturated carbocycles. The van der Waals surface area contributed by atoms with Gasteiger partial charge in [0.1, 0.15) is 12.1 Å². The van der Waals surface area contributed by atoms with E-state index in [0.29, 0.717) is 17.8 Å². The molecule has 5 rings (SSSR count). The molecular weight excluding hydrogens is 504 g/mol. The largest absolute Gasteiger partial charge is 0.350 e. The lowest BCUT2D eigenvalue weighted by molar-refractivity contribution is -0.123. The van der Waals surface area contributed by atoms with E-state index in [1.807, 2.05) is 78.4 Å². The number of para-hydroxylation sites is 1. The third-order valence-corrected chi connectivity index (χ3v) is 7.48. The first-order valence-corrected chi connectivity index (χ1v) is 13.0. The van der Waals surface area contributed by atoms with Gasteiger partial charge in [0.2, 0.25) is 5.91 Å². The van der Waals surface area contributed by atoms with E-state index in [4.69, 9.17) is 12.2 Å². The molecule has 1 aliphatic heterocycles. The number of aromatic nitrogens is 1. The summed E-state index contributed by atoms with van der Waals surface area (Å²) in [4.78, 5) is 41.4. The maximum atomic E-state index is 13.5. The van der Waals surface area contributed by atoms with Crippen molar-refractivity contribution in [2.45, 2.75) is 26.9 Å². The summed E-state index contributed by atoms with van der Waals surface area (Å²) in [6.07, 6.45) is 3.35. The molecule has 186 valence electrons. The molecule has 1 aliphatic rings. The van der Waals surface area contributed by atoms with Crippen LogP contribution in [0.3, 0.4) is 0 Å². The Morgan fingerprint density at radius 2 is 1.89 bits per heavy atom. The predicted octanol–water partition coefficient (Wildman–Crippen LogP) is 4.47. The summed E-state index contributed by atoms with van der Waals surface area (Å²) in [5, 5.41) is 8.41. The zero-order valence-corrected chi connectivity index (χ0v) is 21.9. The molecule has 1 saturated heterocycles. The fraction of sp³-hybridized carbons (Fsp3) is 0.143. The Hall–Kier alpha value is -4.08. The second-order valence-electron chi connectivity index (χ2n) is 8.81. The van der Waals surface area contributed by atoms with Gasteiger partial charge in [-0.15, -0.1) is 11.3 Å². The van der Waals surface area contributed by atoms with Crippen LogP contribution in [0.25, 0.3) is 17.0 Å². The highest BCUT2D eigenvalue weighted by molar-refractivity contribution is 7.80. The summed E-state index contributed by atoms with van der Waals surface area (Å²) in [6.45, 7) is 4.52. The predicted molar refractivity (Wildman–Crippen MR) is 150 cm³/mol. The first kappa shape index (κ1) is 24.6. The lowest BCUT2D eigenvalue weighted by Gasteiger charge is -2.29. The van der Waals surface area contributed by atoms with Crippen LogP contribution < -0.4 is 15.5 Å². The molecule has 0 unspecified atom stereocenters. The quantitative estimate of drug-likeness (QED) is 0.220. The Morgan fingerprint density at radius 1 is 1.08 bits per heavy atom. The summed E-state index contributed by atoms with van der Waals surface area (Å²) in [5.74, 6) is -1.19. The maximum Gasteiger partial charge on any atom is 0.270 e. The molecule has 3 heterocycles. The topological polar surface area (TPSA) is 83.4 Å². The fourth-order valence-electron chi connectivity index (χ4n) is 4.24. The smallest absolute Gasteiger partial charge is 0.270 e. The fourth-order valence-corrected chi connectivity index (χ4v) is 5.17. The minimum absolute atomic E-state index is 0.0307. The molecule has 0 spiro atoms. The van der Waals surface area contributed by atoms with Gasteiger partial charge in [-0.05, 0) is 72.9 Å². The van der Waals surface area contributed by atoms with Gasteiger partial charge in [0.25, 0.3) is 11.8 Å². The zero-order chi connectivity index (χ0) is 26.1. The van der Waals surface area contributed by atoms with Crippen molar-refractivity contribution in [1.82, 2.24) is 15.2 Å². The van der Waals surface area contributed by atoms with Crippen LogP contribution in [0.15, 0.2) is 71.7 Å². The zero-order valence-electron chi connectivity index (χ0n) is 20.3. The maximum absolute atomic E-state index is 13.5. The van der Waals surface area contributed by atoms with Crippen molar-refractivity contribution in [3.05, 3.63) is 93.3 Å². The second-order valence-corrected chi connectivity index (χ2v) is 10.2. The first-order chi connectivity index (χ1) is 17.8. The Labute approximate surface area is 223 Å². The highest BCUT2D eigenvalue weighted by Crippen LogP contribution is 2.27. The molecule has 0 atom stereocenters. The third-order valence-electron chi connectivity index (χ3n) is 6.32. The number of fused-ring (bicyclic) bond motifs is 1. The molecule has 4 aromatic rings. The number of amides is 3. The average molecular weight is 529 g/mol. The lowest BCUT2D eigenvalue weighted by atomic mass is 10.0. The van der Waals surface area contributed by atoms with Gasteiger partial charge in [-0.1, -0.05) is 30.3 Å². The van der Waals surface area contributed by atoms with Gasteiger partial charge in [-0.3, -0.25) is 24.6 Å². The normalized spacial score (nSPS) is 14.9. The van der Waals surface area contributed by atoms with E-state index in [-0.39, 0.29) is 23.1 Å². The summed E-state index contributed by atoms with van der Waals surface area (Å²) >= 11 is 6.92. The number of nitrogens with zero attached hydrogens (tertiary/aromatic N) is 2. The Kier molecular flexibility index (Phi) is 6.73. The molecule has 3 amide bonds.